The van der Waals surface area contributed by atoms with Crippen LogP contribution < -0.4 is 4.72 Å². The van der Waals surface area contributed by atoms with E-state index in [0.717, 1.165) is 38.5 Å². The van der Waals surface area contributed by atoms with Crippen molar-refractivity contribution in [3.05, 3.63) is 29.8 Å². The molecule has 0 spiro atoms. The number of nitrogens with zero attached hydrogens (tertiary/aromatic N) is 1. The Balaban J connectivity index is 2.03. The van der Waals surface area contributed by atoms with Crippen LogP contribution in [-0.2, 0) is 10.0 Å². The summed E-state index contributed by atoms with van der Waals surface area (Å²) in [5, 5.41) is 0. The van der Waals surface area contributed by atoms with Crippen LogP contribution in [0.2, 0.25) is 0 Å². The van der Waals surface area contributed by atoms with Crippen LogP contribution in [0.15, 0.2) is 29.2 Å². The van der Waals surface area contributed by atoms with E-state index in [1.165, 1.54) is 25.0 Å². The summed E-state index contributed by atoms with van der Waals surface area (Å²) < 4.78 is 28.0. The Labute approximate surface area is 151 Å². The van der Waals surface area contributed by atoms with Crippen molar-refractivity contribution >= 4 is 15.9 Å². The van der Waals surface area contributed by atoms with Gasteiger partial charge >= 0.3 is 0 Å². The van der Waals surface area contributed by atoms with Crippen LogP contribution in [0.1, 0.15) is 68.6 Å². The number of nitrogens with one attached hydrogen (secondary N) is 1. The quantitative estimate of drug-likeness (QED) is 0.750. The second kappa shape index (κ2) is 9.34. The monoisotopic (exact) mass is 366 g/mol. The molecule has 1 saturated carbocycles. The number of hydrogen-bond acceptors (Lipinski definition) is 3. The highest BCUT2D eigenvalue weighted by Gasteiger charge is 2.21. The summed E-state index contributed by atoms with van der Waals surface area (Å²) in [7, 11) is -1.75. The van der Waals surface area contributed by atoms with Gasteiger partial charge in [-0.15, -0.1) is 0 Å². The van der Waals surface area contributed by atoms with Gasteiger partial charge in [0.15, 0.2) is 0 Å². The van der Waals surface area contributed by atoms with Crippen LogP contribution in [-0.4, -0.2) is 38.9 Å². The second-order valence-electron chi connectivity index (χ2n) is 6.91. The van der Waals surface area contributed by atoms with Gasteiger partial charge in [0.2, 0.25) is 10.0 Å². The number of rotatable bonds is 7. The molecule has 140 valence electrons. The molecule has 0 unspecified atom stereocenters. The molecule has 5 nitrogen and oxygen atoms in total. The van der Waals surface area contributed by atoms with Gasteiger partial charge in [0, 0.05) is 25.2 Å². The van der Waals surface area contributed by atoms with E-state index in [2.05, 4.69) is 11.6 Å². The number of unbranched alkanes of at least 4 members (excludes halogenated alkanes) is 1. The first-order chi connectivity index (χ1) is 11.9. The molecule has 0 saturated heterocycles. The summed E-state index contributed by atoms with van der Waals surface area (Å²) in [4.78, 5) is 14.2. The van der Waals surface area contributed by atoms with E-state index >= 15 is 0 Å². The van der Waals surface area contributed by atoms with Gasteiger partial charge in [-0.2, -0.15) is 0 Å². The SMILES string of the molecule is CCCCN(C)C(=O)c1ccc(S(=O)(=O)NC2CCCCCC2)cc1. The minimum Gasteiger partial charge on any atom is -0.342 e. The van der Waals surface area contributed by atoms with Crippen LogP contribution in [0, 0.1) is 0 Å². The fraction of sp³-hybridized carbons (Fsp3) is 0.632. The molecule has 1 aromatic carbocycles. The van der Waals surface area contributed by atoms with Crippen molar-refractivity contribution in [2.45, 2.75) is 69.2 Å². The van der Waals surface area contributed by atoms with E-state index in [0.29, 0.717) is 12.1 Å². The topological polar surface area (TPSA) is 66.5 Å². The normalized spacial score (nSPS) is 16.4. The Morgan fingerprint density at radius 2 is 1.72 bits per heavy atom. The third-order valence-electron chi connectivity index (χ3n) is 4.78. The molecule has 1 aliphatic rings. The highest BCUT2D eigenvalue weighted by atomic mass is 32.2. The number of carbonyl (C=O) groups excluding carboxylic acids is 1. The van der Waals surface area contributed by atoms with E-state index in [-0.39, 0.29) is 16.8 Å². The third kappa shape index (κ3) is 5.82. The average Bonchev–Trinajstić information content (AvgIpc) is 2.87. The summed E-state index contributed by atoms with van der Waals surface area (Å²) in [5.41, 5.74) is 0.520. The lowest BCUT2D eigenvalue weighted by molar-refractivity contribution is 0.0793. The summed E-state index contributed by atoms with van der Waals surface area (Å²) >= 11 is 0. The van der Waals surface area contributed by atoms with Crippen LogP contribution in [0.25, 0.3) is 0 Å². The highest BCUT2D eigenvalue weighted by Crippen LogP contribution is 2.20. The van der Waals surface area contributed by atoms with Gasteiger partial charge in [0.25, 0.3) is 5.91 Å². The van der Waals surface area contributed by atoms with Crippen molar-refractivity contribution in [1.82, 2.24) is 9.62 Å². The number of benzene rings is 1. The zero-order valence-corrected chi connectivity index (χ0v) is 16.1. The van der Waals surface area contributed by atoms with E-state index in [4.69, 9.17) is 0 Å². The Hall–Kier alpha value is -1.40. The van der Waals surface area contributed by atoms with Crippen LogP contribution in [0.3, 0.4) is 0 Å². The Morgan fingerprint density at radius 1 is 1.12 bits per heavy atom. The predicted molar refractivity (Wildman–Crippen MR) is 100 cm³/mol. The molecule has 6 heteroatoms. The lowest BCUT2D eigenvalue weighted by Crippen LogP contribution is -2.34. The first-order valence-corrected chi connectivity index (χ1v) is 10.8. The molecule has 1 N–H and O–H groups in total. The summed E-state index contributed by atoms with van der Waals surface area (Å²) in [5.74, 6) is -0.0749. The molecule has 0 radical (unpaired) electrons. The standard InChI is InChI=1S/C19H30N2O3S/c1-3-4-15-21(2)19(22)16-11-13-18(14-12-16)25(23,24)20-17-9-7-5-6-8-10-17/h11-14,17,20H,3-10,15H2,1-2H3. The first-order valence-electron chi connectivity index (χ1n) is 9.32. The van der Waals surface area contributed by atoms with Crippen molar-refractivity contribution in [3.8, 4) is 0 Å². The molecule has 0 atom stereocenters. The van der Waals surface area contributed by atoms with E-state index in [1.807, 2.05) is 0 Å². The Morgan fingerprint density at radius 3 is 2.28 bits per heavy atom. The van der Waals surface area contributed by atoms with Gasteiger partial charge in [-0.05, 0) is 43.5 Å². The van der Waals surface area contributed by atoms with Crippen molar-refractivity contribution < 1.29 is 13.2 Å². The molecule has 0 aromatic heterocycles. The van der Waals surface area contributed by atoms with E-state index < -0.39 is 10.0 Å². The Bertz CT molecular complexity index is 648. The highest BCUT2D eigenvalue weighted by molar-refractivity contribution is 7.89. The van der Waals surface area contributed by atoms with Crippen molar-refractivity contribution in [2.75, 3.05) is 13.6 Å². The third-order valence-corrected chi connectivity index (χ3v) is 6.32. The maximum absolute atomic E-state index is 12.6. The largest absolute Gasteiger partial charge is 0.342 e. The summed E-state index contributed by atoms with van der Waals surface area (Å²) in [6.45, 7) is 2.79. The van der Waals surface area contributed by atoms with Crippen molar-refractivity contribution in [3.63, 3.8) is 0 Å². The molecule has 1 amide bonds. The number of sulfonamides is 1. The van der Waals surface area contributed by atoms with Crippen molar-refractivity contribution in [2.24, 2.45) is 0 Å². The fourth-order valence-electron chi connectivity index (χ4n) is 3.18. The minimum atomic E-state index is -3.53. The van der Waals surface area contributed by atoms with Gasteiger partial charge in [-0.3, -0.25) is 4.79 Å². The molecule has 25 heavy (non-hydrogen) atoms. The molecular formula is C19H30N2O3S. The Kier molecular flexibility index (Phi) is 7.44. The van der Waals surface area contributed by atoms with Crippen molar-refractivity contribution in [1.29, 1.82) is 0 Å². The average molecular weight is 367 g/mol. The number of amides is 1. The number of hydrogen-bond donors (Lipinski definition) is 1. The zero-order valence-electron chi connectivity index (χ0n) is 15.3. The van der Waals surface area contributed by atoms with Crippen LogP contribution >= 0.6 is 0 Å². The van der Waals surface area contributed by atoms with Gasteiger partial charge < -0.3 is 4.90 Å². The van der Waals surface area contributed by atoms with Gasteiger partial charge in [0.05, 0.1) is 4.90 Å². The van der Waals surface area contributed by atoms with E-state index in [9.17, 15) is 13.2 Å². The lowest BCUT2D eigenvalue weighted by Gasteiger charge is -2.18. The molecule has 2 rings (SSSR count). The van der Waals surface area contributed by atoms with Crippen LogP contribution in [0.4, 0.5) is 0 Å². The molecule has 1 fully saturated rings. The predicted octanol–water partition coefficient (Wildman–Crippen LogP) is 3.56. The maximum atomic E-state index is 12.6. The summed E-state index contributed by atoms with van der Waals surface area (Å²) in [6, 6.07) is 6.28. The van der Waals surface area contributed by atoms with E-state index in [1.54, 1.807) is 24.1 Å². The number of carbonyl (C=O) groups is 1. The maximum Gasteiger partial charge on any atom is 0.253 e. The first kappa shape index (κ1) is 19.9. The van der Waals surface area contributed by atoms with Gasteiger partial charge in [-0.25, -0.2) is 13.1 Å². The van der Waals surface area contributed by atoms with Crippen LogP contribution in [0.5, 0.6) is 0 Å². The molecule has 1 aromatic rings. The zero-order chi connectivity index (χ0) is 18.3. The summed E-state index contributed by atoms with van der Waals surface area (Å²) in [6.07, 6.45) is 8.30. The van der Waals surface area contributed by atoms with Gasteiger partial charge in [-0.1, -0.05) is 39.0 Å². The fourth-order valence-corrected chi connectivity index (χ4v) is 4.48. The lowest BCUT2D eigenvalue weighted by atomic mass is 10.1. The molecule has 0 heterocycles. The van der Waals surface area contributed by atoms with Gasteiger partial charge in [0.1, 0.15) is 0 Å². The second-order valence-corrected chi connectivity index (χ2v) is 8.63. The molecular weight excluding hydrogens is 336 g/mol. The molecule has 0 aliphatic heterocycles. The molecule has 0 bridgehead atoms. The molecule has 1 aliphatic carbocycles. The minimum absolute atomic E-state index is 0.0222. The smallest absolute Gasteiger partial charge is 0.253 e.